The van der Waals surface area contributed by atoms with Gasteiger partial charge in [0, 0.05) is 18.8 Å². The second-order valence-electron chi connectivity index (χ2n) is 16.4. The predicted molar refractivity (Wildman–Crippen MR) is 207 cm³/mol. The summed E-state index contributed by atoms with van der Waals surface area (Å²) in [6, 6.07) is 16.6. The number of ether oxygens (including phenoxy) is 3. The largest absolute Gasteiger partial charge is 0.489 e. The zero-order chi connectivity index (χ0) is 40.9. The zero-order valence-electron chi connectivity index (χ0n) is 32.8. The number of halogens is 6. The molecule has 0 aromatic heterocycles. The molecule has 6 nitrogen and oxygen atoms in total. The van der Waals surface area contributed by atoms with Crippen molar-refractivity contribution in [2.24, 2.45) is 0 Å². The van der Waals surface area contributed by atoms with E-state index in [1.165, 1.54) is 17.7 Å². The Morgan fingerprint density at radius 1 is 0.702 bits per heavy atom. The third kappa shape index (κ3) is 9.31. The zero-order valence-corrected chi connectivity index (χ0v) is 32.8. The van der Waals surface area contributed by atoms with E-state index in [4.69, 9.17) is 14.2 Å². The normalized spacial score (nSPS) is 16.3. The first-order valence-electron chi connectivity index (χ1n) is 19.5. The number of hydrogen-bond donors (Lipinski definition) is 1. The van der Waals surface area contributed by atoms with Gasteiger partial charge < -0.3 is 19.5 Å². The minimum Gasteiger partial charge on any atom is -0.489 e. The van der Waals surface area contributed by atoms with Crippen molar-refractivity contribution in [3.8, 4) is 11.5 Å². The van der Waals surface area contributed by atoms with Crippen LogP contribution in [0.15, 0.2) is 60.7 Å². The van der Waals surface area contributed by atoms with Crippen LogP contribution in [-0.4, -0.2) is 24.8 Å². The van der Waals surface area contributed by atoms with Crippen molar-refractivity contribution >= 4 is 17.5 Å². The van der Waals surface area contributed by atoms with Gasteiger partial charge in [-0.05, 0) is 166 Å². The van der Waals surface area contributed by atoms with E-state index in [1.54, 1.807) is 35.2 Å². The van der Waals surface area contributed by atoms with Crippen molar-refractivity contribution in [2.45, 2.75) is 116 Å². The van der Waals surface area contributed by atoms with E-state index < -0.39 is 29.1 Å². The summed E-state index contributed by atoms with van der Waals surface area (Å²) < 4.78 is 97.8. The molecule has 12 heteroatoms. The molecule has 2 aliphatic carbocycles. The second-order valence-corrected chi connectivity index (χ2v) is 16.4. The van der Waals surface area contributed by atoms with Gasteiger partial charge in [0.2, 0.25) is 0 Å². The number of rotatable bonds is 8. The van der Waals surface area contributed by atoms with Crippen LogP contribution in [0.5, 0.6) is 11.5 Å². The highest BCUT2D eigenvalue weighted by molar-refractivity contribution is 5.91. The first kappa shape index (κ1) is 40.3. The molecule has 4 aromatic carbocycles. The van der Waals surface area contributed by atoms with Crippen LogP contribution in [0.4, 0.5) is 42.5 Å². The predicted octanol–water partition coefficient (Wildman–Crippen LogP) is 12.2. The molecular weight excluding hydrogens is 746 g/mol. The standard InChI is InChI=1S/C25H28F3NO3.C20H20F3NO/c1-15-18-11-12-29(23(30)32-24(2,3)4)21(18)9-10-22(15)31-14-16-5-8-19(17-6-7-17)20(13-16)25(26,27)28;1-12-15-8-9-24-18(15)6-7-19(12)25-11-13-2-5-16(14-3-4-14)17(10-13)20(21,22)23/h5,8-10,13,17H,6-7,11-12,14H2,1-4H3;2,5-7,10,14,24H,3-4,8-9,11H2,1H3. The summed E-state index contributed by atoms with van der Waals surface area (Å²) in [5.41, 5.74) is 6.29. The molecule has 0 bridgehead atoms. The lowest BCUT2D eigenvalue weighted by Crippen LogP contribution is -2.35. The lowest BCUT2D eigenvalue weighted by Gasteiger charge is -2.25. The number of hydrogen-bond acceptors (Lipinski definition) is 5. The second kappa shape index (κ2) is 15.5. The first-order chi connectivity index (χ1) is 26.9. The van der Waals surface area contributed by atoms with Gasteiger partial charge in [0.05, 0.1) is 16.8 Å². The smallest absolute Gasteiger partial charge is 0.416 e. The minimum atomic E-state index is -4.37. The summed E-state index contributed by atoms with van der Waals surface area (Å²) in [6.07, 6.45) is -4.13. The minimum absolute atomic E-state index is 0.0217. The Kier molecular flexibility index (Phi) is 10.9. The van der Waals surface area contributed by atoms with Crippen molar-refractivity contribution < 1.29 is 45.3 Å². The molecule has 4 aromatic rings. The van der Waals surface area contributed by atoms with Gasteiger partial charge in [-0.15, -0.1) is 0 Å². The number of carbonyl (C=O) groups is 1. The molecule has 2 saturated carbocycles. The molecule has 304 valence electrons. The number of amides is 1. The Balaban J connectivity index is 0.000000179. The van der Waals surface area contributed by atoms with Crippen LogP contribution >= 0.6 is 0 Å². The van der Waals surface area contributed by atoms with Gasteiger partial charge in [-0.1, -0.05) is 24.3 Å². The Labute approximate surface area is 329 Å². The molecule has 2 aliphatic heterocycles. The molecular formula is C45H48F6N2O4. The van der Waals surface area contributed by atoms with E-state index in [9.17, 15) is 31.1 Å². The molecule has 4 aliphatic rings. The third-order valence-electron chi connectivity index (χ3n) is 10.9. The monoisotopic (exact) mass is 794 g/mol. The summed E-state index contributed by atoms with van der Waals surface area (Å²) in [6.45, 7) is 11.0. The van der Waals surface area contributed by atoms with Crippen LogP contribution in [0.25, 0.3) is 0 Å². The number of carbonyl (C=O) groups excluding carboxylic acids is 1. The topological polar surface area (TPSA) is 60.0 Å². The molecule has 2 fully saturated rings. The highest BCUT2D eigenvalue weighted by Crippen LogP contribution is 2.47. The summed E-state index contributed by atoms with van der Waals surface area (Å²) >= 11 is 0. The van der Waals surface area contributed by atoms with Crippen LogP contribution in [0.3, 0.4) is 0 Å². The first-order valence-corrected chi connectivity index (χ1v) is 19.5. The number of alkyl halides is 6. The Morgan fingerprint density at radius 3 is 1.70 bits per heavy atom. The Hall–Kier alpha value is -4.87. The Morgan fingerprint density at radius 2 is 1.21 bits per heavy atom. The molecule has 0 atom stereocenters. The molecule has 0 saturated heterocycles. The highest BCUT2D eigenvalue weighted by Gasteiger charge is 2.39. The summed E-state index contributed by atoms with van der Waals surface area (Å²) in [5, 5.41) is 3.31. The van der Waals surface area contributed by atoms with Crippen molar-refractivity contribution in [1.29, 1.82) is 0 Å². The molecule has 0 radical (unpaired) electrons. The SMILES string of the molecule is Cc1c(OCc2ccc(C3CC3)c(C(F)(F)F)c2)ccc2c1CCN2.Cc1c(OCc2ccc(C3CC3)c(C(F)(F)F)c2)ccc2c1CCN2C(=O)OC(C)(C)C. The average Bonchev–Trinajstić information content (AvgIpc) is 4.07. The quantitative estimate of drug-likeness (QED) is 0.180. The highest BCUT2D eigenvalue weighted by atomic mass is 19.4. The van der Waals surface area contributed by atoms with E-state index in [-0.39, 0.29) is 31.1 Å². The van der Waals surface area contributed by atoms with Gasteiger partial charge >= 0.3 is 18.4 Å². The molecule has 1 N–H and O–H groups in total. The number of benzene rings is 4. The summed E-state index contributed by atoms with van der Waals surface area (Å²) in [4.78, 5) is 14.1. The van der Waals surface area contributed by atoms with E-state index in [0.29, 0.717) is 41.0 Å². The fraction of sp³-hybridized carbons (Fsp3) is 0.444. The van der Waals surface area contributed by atoms with Crippen LogP contribution in [0.2, 0.25) is 0 Å². The van der Waals surface area contributed by atoms with E-state index in [1.807, 2.05) is 52.8 Å². The van der Waals surface area contributed by atoms with Crippen molar-refractivity contribution in [1.82, 2.24) is 0 Å². The number of anilines is 2. The van der Waals surface area contributed by atoms with Crippen LogP contribution in [0, 0.1) is 13.8 Å². The van der Waals surface area contributed by atoms with Gasteiger partial charge in [-0.25, -0.2) is 4.79 Å². The molecule has 8 rings (SSSR count). The van der Waals surface area contributed by atoms with E-state index in [0.717, 1.165) is 72.5 Å². The molecule has 57 heavy (non-hydrogen) atoms. The van der Waals surface area contributed by atoms with Gasteiger partial charge in [0.15, 0.2) is 0 Å². The molecule has 0 unspecified atom stereocenters. The van der Waals surface area contributed by atoms with Gasteiger partial charge in [-0.3, -0.25) is 4.90 Å². The lowest BCUT2D eigenvalue weighted by atomic mass is 10.00. The van der Waals surface area contributed by atoms with Gasteiger partial charge in [-0.2, -0.15) is 26.3 Å². The van der Waals surface area contributed by atoms with Gasteiger partial charge in [0.1, 0.15) is 30.3 Å². The number of nitrogens with zero attached hydrogens (tertiary/aromatic N) is 1. The number of fused-ring (bicyclic) bond motifs is 2. The fourth-order valence-electron chi connectivity index (χ4n) is 7.70. The maximum absolute atomic E-state index is 13.5. The summed E-state index contributed by atoms with van der Waals surface area (Å²) in [7, 11) is 0. The van der Waals surface area contributed by atoms with E-state index in [2.05, 4.69) is 5.32 Å². The maximum atomic E-state index is 13.5. The lowest BCUT2D eigenvalue weighted by molar-refractivity contribution is -0.139. The molecule has 1 amide bonds. The Bertz CT molecular complexity index is 2150. The maximum Gasteiger partial charge on any atom is 0.416 e. The van der Waals surface area contributed by atoms with Crippen LogP contribution in [0.1, 0.15) is 114 Å². The third-order valence-corrected chi connectivity index (χ3v) is 10.9. The molecule has 0 spiro atoms. The van der Waals surface area contributed by atoms with Crippen molar-refractivity contribution in [3.05, 3.63) is 116 Å². The molecule has 2 heterocycles. The summed E-state index contributed by atoms with van der Waals surface area (Å²) in [5.74, 6) is 1.43. The van der Waals surface area contributed by atoms with Crippen LogP contribution in [-0.2, 0) is 43.1 Å². The van der Waals surface area contributed by atoms with E-state index >= 15 is 0 Å². The van der Waals surface area contributed by atoms with Crippen molar-refractivity contribution in [3.63, 3.8) is 0 Å². The average molecular weight is 795 g/mol. The van der Waals surface area contributed by atoms with Crippen LogP contribution < -0.4 is 19.7 Å². The fourth-order valence-corrected chi connectivity index (χ4v) is 7.70. The van der Waals surface area contributed by atoms with Gasteiger partial charge in [0.25, 0.3) is 0 Å². The van der Waals surface area contributed by atoms with Crippen molar-refractivity contribution in [2.75, 3.05) is 23.3 Å². The number of nitrogens with one attached hydrogen (secondary N) is 1.